The highest BCUT2D eigenvalue weighted by atomic mass is 16.5. The van der Waals surface area contributed by atoms with E-state index in [9.17, 15) is 4.79 Å². The van der Waals surface area contributed by atoms with Crippen LogP contribution in [-0.4, -0.2) is 43.7 Å². The maximum atomic E-state index is 12.6. The fraction of sp³-hybridized carbons (Fsp3) is 0.632. The predicted octanol–water partition coefficient (Wildman–Crippen LogP) is 1.90. The molecule has 1 aliphatic rings. The van der Waals surface area contributed by atoms with Crippen molar-refractivity contribution in [1.82, 2.24) is 10.2 Å². The summed E-state index contributed by atoms with van der Waals surface area (Å²) >= 11 is 0. The van der Waals surface area contributed by atoms with Crippen molar-refractivity contribution in [1.29, 1.82) is 0 Å². The van der Waals surface area contributed by atoms with Crippen molar-refractivity contribution >= 4 is 5.91 Å². The van der Waals surface area contributed by atoms with Gasteiger partial charge in [0, 0.05) is 32.8 Å². The molecule has 1 heterocycles. The number of carbonyl (C=O) groups is 1. The lowest BCUT2D eigenvalue weighted by Gasteiger charge is -2.34. The zero-order valence-electron chi connectivity index (χ0n) is 15.0. The summed E-state index contributed by atoms with van der Waals surface area (Å²) in [6.45, 7) is 9.53. The normalized spacial score (nSPS) is 17.0. The molecule has 0 radical (unpaired) electrons. The second-order valence-corrected chi connectivity index (χ2v) is 6.56. The third-order valence-electron chi connectivity index (χ3n) is 5.07. The summed E-state index contributed by atoms with van der Waals surface area (Å²) < 4.78 is 5.37. The Balaban J connectivity index is 1.95. The lowest BCUT2D eigenvalue weighted by molar-refractivity contribution is -0.136. The molecule has 24 heavy (non-hydrogen) atoms. The highest BCUT2D eigenvalue weighted by Gasteiger charge is 2.38. The standard InChI is InChI=1S/C19H31N3O2/c1-3-22(4-2)14-17-7-5-6-16(12-17)13-21-18(23)19(15-20)8-10-24-11-9-19/h5-7,12H,3-4,8-11,13-15,20H2,1-2H3,(H,21,23). The third kappa shape index (κ3) is 4.79. The Morgan fingerprint density at radius 2 is 1.92 bits per heavy atom. The van der Waals surface area contributed by atoms with Crippen molar-refractivity contribution in [3.8, 4) is 0 Å². The summed E-state index contributed by atoms with van der Waals surface area (Å²) in [5, 5.41) is 3.08. The van der Waals surface area contributed by atoms with Gasteiger partial charge in [-0.05, 0) is 37.1 Å². The monoisotopic (exact) mass is 333 g/mol. The summed E-state index contributed by atoms with van der Waals surface area (Å²) in [6, 6.07) is 8.44. The van der Waals surface area contributed by atoms with Crippen LogP contribution in [0.3, 0.4) is 0 Å². The lowest BCUT2D eigenvalue weighted by Crippen LogP contribution is -2.48. The van der Waals surface area contributed by atoms with Crippen molar-refractivity contribution in [2.45, 2.75) is 39.8 Å². The topological polar surface area (TPSA) is 67.6 Å². The van der Waals surface area contributed by atoms with E-state index in [0.717, 1.165) is 25.2 Å². The summed E-state index contributed by atoms with van der Waals surface area (Å²) in [4.78, 5) is 15.0. The first-order chi connectivity index (χ1) is 11.6. The smallest absolute Gasteiger partial charge is 0.227 e. The van der Waals surface area contributed by atoms with Crippen molar-refractivity contribution in [3.63, 3.8) is 0 Å². The van der Waals surface area contributed by atoms with Crippen LogP contribution in [0.15, 0.2) is 24.3 Å². The molecule has 1 aromatic rings. The van der Waals surface area contributed by atoms with Crippen LogP contribution in [-0.2, 0) is 22.6 Å². The quantitative estimate of drug-likeness (QED) is 0.762. The number of amides is 1. The van der Waals surface area contributed by atoms with Gasteiger partial charge in [-0.3, -0.25) is 9.69 Å². The van der Waals surface area contributed by atoms with E-state index in [1.165, 1.54) is 5.56 Å². The van der Waals surface area contributed by atoms with E-state index in [4.69, 9.17) is 10.5 Å². The largest absolute Gasteiger partial charge is 0.381 e. The molecule has 5 nitrogen and oxygen atoms in total. The number of hydrogen-bond acceptors (Lipinski definition) is 4. The van der Waals surface area contributed by atoms with Crippen molar-refractivity contribution in [3.05, 3.63) is 35.4 Å². The number of nitrogens with one attached hydrogen (secondary N) is 1. The molecule has 0 aliphatic carbocycles. The van der Waals surface area contributed by atoms with Gasteiger partial charge in [0.25, 0.3) is 0 Å². The Labute approximate surface area is 145 Å². The van der Waals surface area contributed by atoms with Crippen molar-refractivity contribution in [2.75, 3.05) is 32.8 Å². The van der Waals surface area contributed by atoms with Gasteiger partial charge in [-0.2, -0.15) is 0 Å². The first kappa shape index (κ1) is 18.9. The Morgan fingerprint density at radius 3 is 2.54 bits per heavy atom. The van der Waals surface area contributed by atoms with Crippen LogP contribution >= 0.6 is 0 Å². The van der Waals surface area contributed by atoms with Gasteiger partial charge in [-0.25, -0.2) is 0 Å². The van der Waals surface area contributed by atoms with Crippen LogP contribution in [0.1, 0.15) is 37.8 Å². The van der Waals surface area contributed by atoms with E-state index in [2.05, 4.69) is 48.3 Å². The Bertz CT molecular complexity index is 523. The van der Waals surface area contributed by atoms with Gasteiger partial charge in [-0.15, -0.1) is 0 Å². The van der Waals surface area contributed by atoms with Gasteiger partial charge in [0.05, 0.1) is 5.41 Å². The summed E-state index contributed by atoms with van der Waals surface area (Å²) in [6.07, 6.45) is 1.41. The molecular weight excluding hydrogens is 302 g/mol. The molecule has 1 aromatic carbocycles. The summed E-state index contributed by atoms with van der Waals surface area (Å²) in [7, 11) is 0. The molecule has 2 rings (SSSR count). The number of benzene rings is 1. The highest BCUT2D eigenvalue weighted by molar-refractivity contribution is 5.83. The first-order valence-corrected chi connectivity index (χ1v) is 9.00. The van der Waals surface area contributed by atoms with E-state index < -0.39 is 5.41 Å². The molecule has 0 bridgehead atoms. The molecule has 0 aromatic heterocycles. The second-order valence-electron chi connectivity index (χ2n) is 6.56. The number of ether oxygens (including phenoxy) is 1. The minimum Gasteiger partial charge on any atom is -0.381 e. The van der Waals surface area contributed by atoms with Crippen molar-refractivity contribution in [2.24, 2.45) is 11.1 Å². The highest BCUT2D eigenvalue weighted by Crippen LogP contribution is 2.29. The molecule has 0 saturated carbocycles. The first-order valence-electron chi connectivity index (χ1n) is 9.00. The van der Waals surface area contributed by atoms with E-state index in [1.54, 1.807) is 0 Å². The summed E-state index contributed by atoms with van der Waals surface area (Å²) in [5.74, 6) is 0.0578. The molecule has 134 valence electrons. The average Bonchev–Trinajstić information content (AvgIpc) is 2.65. The van der Waals surface area contributed by atoms with Gasteiger partial charge >= 0.3 is 0 Å². The van der Waals surface area contributed by atoms with E-state index >= 15 is 0 Å². The molecule has 0 spiro atoms. The van der Waals surface area contributed by atoms with Crippen LogP contribution < -0.4 is 11.1 Å². The number of hydrogen-bond donors (Lipinski definition) is 2. The fourth-order valence-electron chi connectivity index (χ4n) is 3.20. The molecule has 3 N–H and O–H groups in total. The van der Waals surface area contributed by atoms with Gasteiger partial charge < -0.3 is 15.8 Å². The van der Waals surface area contributed by atoms with Crippen LogP contribution in [0.2, 0.25) is 0 Å². The Hall–Kier alpha value is -1.43. The summed E-state index contributed by atoms with van der Waals surface area (Å²) in [5.41, 5.74) is 7.85. The van der Waals surface area contributed by atoms with Gasteiger partial charge in [-0.1, -0.05) is 38.1 Å². The number of nitrogens with two attached hydrogens (primary N) is 1. The molecule has 1 fully saturated rings. The number of carbonyl (C=O) groups excluding carboxylic acids is 1. The molecule has 1 amide bonds. The van der Waals surface area contributed by atoms with Crippen molar-refractivity contribution < 1.29 is 9.53 Å². The predicted molar refractivity (Wildman–Crippen MR) is 96.5 cm³/mol. The molecule has 0 atom stereocenters. The Morgan fingerprint density at radius 1 is 1.25 bits per heavy atom. The lowest BCUT2D eigenvalue weighted by atomic mass is 9.79. The van der Waals surface area contributed by atoms with E-state index in [-0.39, 0.29) is 5.91 Å². The zero-order valence-corrected chi connectivity index (χ0v) is 15.0. The van der Waals surface area contributed by atoms with Crippen LogP contribution in [0, 0.1) is 5.41 Å². The number of nitrogens with zero attached hydrogens (tertiary/aromatic N) is 1. The van der Waals surface area contributed by atoms with Gasteiger partial charge in [0.1, 0.15) is 0 Å². The maximum absolute atomic E-state index is 12.6. The second kappa shape index (κ2) is 9.16. The number of rotatable bonds is 8. The Kier molecular flexibility index (Phi) is 7.21. The molecule has 1 saturated heterocycles. The third-order valence-corrected chi connectivity index (χ3v) is 5.07. The molecule has 5 heteroatoms. The zero-order chi connectivity index (χ0) is 17.4. The maximum Gasteiger partial charge on any atom is 0.227 e. The van der Waals surface area contributed by atoms with Gasteiger partial charge in [0.2, 0.25) is 5.91 Å². The fourth-order valence-corrected chi connectivity index (χ4v) is 3.20. The van der Waals surface area contributed by atoms with Crippen LogP contribution in [0.25, 0.3) is 0 Å². The van der Waals surface area contributed by atoms with Crippen LogP contribution in [0.5, 0.6) is 0 Å². The van der Waals surface area contributed by atoms with Gasteiger partial charge in [0.15, 0.2) is 0 Å². The minimum absolute atomic E-state index is 0.0578. The van der Waals surface area contributed by atoms with Crippen LogP contribution in [0.4, 0.5) is 0 Å². The average molecular weight is 333 g/mol. The molecular formula is C19H31N3O2. The molecule has 1 aliphatic heterocycles. The SMILES string of the molecule is CCN(CC)Cc1cccc(CNC(=O)C2(CN)CCOCC2)c1. The molecule has 0 unspecified atom stereocenters. The van der Waals surface area contributed by atoms with E-state index in [0.29, 0.717) is 39.1 Å². The van der Waals surface area contributed by atoms with E-state index in [1.807, 2.05) is 0 Å². The minimum atomic E-state index is -0.461.